The van der Waals surface area contributed by atoms with Gasteiger partial charge in [-0.2, -0.15) is 0 Å². The Bertz CT molecular complexity index is 644. The second-order valence-corrected chi connectivity index (χ2v) is 4.67. The second-order valence-electron chi connectivity index (χ2n) is 3.34. The van der Waals surface area contributed by atoms with Gasteiger partial charge in [0.25, 0.3) is 0 Å². The van der Waals surface area contributed by atoms with Crippen LogP contribution in [0.4, 0.5) is 5.69 Å². The Kier molecular flexibility index (Phi) is 2.08. The minimum absolute atomic E-state index is 0.578. The van der Waals surface area contributed by atoms with Crippen molar-refractivity contribution in [3.63, 3.8) is 0 Å². The predicted molar refractivity (Wildman–Crippen MR) is 66.6 cm³/mol. The normalized spacial score (nSPS) is 11.1. The van der Waals surface area contributed by atoms with Gasteiger partial charge in [-0.3, -0.25) is 4.98 Å². The quantitative estimate of drug-likeness (QED) is 0.653. The summed E-state index contributed by atoms with van der Waals surface area (Å²) in [7, 11) is 0. The maximum absolute atomic E-state index is 5.92. The molecule has 0 unspecified atom stereocenters. The summed E-state index contributed by atoms with van der Waals surface area (Å²) in [6, 6.07) is 3.51. The molecular formula is C10H7ClN4S. The molecule has 0 aliphatic carbocycles. The zero-order valence-corrected chi connectivity index (χ0v) is 9.64. The Labute approximate surface area is 100 Å². The molecular weight excluding hydrogens is 244 g/mol. The summed E-state index contributed by atoms with van der Waals surface area (Å²) >= 11 is 7.44. The number of aromatic amines is 1. The average Bonchev–Trinajstić information content (AvgIpc) is 2.82. The molecule has 3 rings (SSSR count). The van der Waals surface area contributed by atoms with Crippen LogP contribution in [-0.4, -0.2) is 15.0 Å². The SMILES string of the molecule is Nc1cc(Cl)cc2[nH]c(-c3cncs3)nc12. The number of nitrogen functional groups attached to an aromatic ring is 1. The van der Waals surface area contributed by atoms with Crippen molar-refractivity contribution in [3.05, 3.63) is 28.9 Å². The third-order valence-electron chi connectivity index (χ3n) is 2.25. The van der Waals surface area contributed by atoms with Crippen LogP contribution in [0.15, 0.2) is 23.8 Å². The van der Waals surface area contributed by atoms with Crippen LogP contribution in [0.3, 0.4) is 0 Å². The van der Waals surface area contributed by atoms with Gasteiger partial charge in [0.05, 0.1) is 21.6 Å². The minimum Gasteiger partial charge on any atom is -0.397 e. The smallest absolute Gasteiger partial charge is 0.150 e. The van der Waals surface area contributed by atoms with Gasteiger partial charge in [0, 0.05) is 11.2 Å². The van der Waals surface area contributed by atoms with Crippen LogP contribution in [0.25, 0.3) is 21.7 Å². The molecule has 1 aromatic carbocycles. The summed E-state index contributed by atoms with van der Waals surface area (Å²) in [6.45, 7) is 0. The lowest BCUT2D eigenvalue weighted by Gasteiger charge is -1.94. The summed E-state index contributed by atoms with van der Waals surface area (Å²) in [4.78, 5) is 12.6. The summed E-state index contributed by atoms with van der Waals surface area (Å²) in [5.41, 5.74) is 9.77. The number of nitrogens with one attached hydrogen (secondary N) is 1. The zero-order valence-electron chi connectivity index (χ0n) is 8.07. The van der Waals surface area contributed by atoms with Crippen molar-refractivity contribution in [3.8, 4) is 10.7 Å². The van der Waals surface area contributed by atoms with Crippen LogP contribution >= 0.6 is 22.9 Å². The van der Waals surface area contributed by atoms with Crippen LogP contribution in [-0.2, 0) is 0 Å². The average molecular weight is 251 g/mol. The number of aromatic nitrogens is 3. The van der Waals surface area contributed by atoms with Crippen LogP contribution < -0.4 is 5.73 Å². The molecule has 6 heteroatoms. The molecule has 80 valence electrons. The van der Waals surface area contributed by atoms with Gasteiger partial charge in [-0.1, -0.05) is 11.6 Å². The van der Waals surface area contributed by atoms with E-state index in [0.29, 0.717) is 10.7 Å². The molecule has 0 fully saturated rings. The number of anilines is 1. The van der Waals surface area contributed by atoms with E-state index in [-0.39, 0.29) is 0 Å². The number of imidazole rings is 1. The van der Waals surface area contributed by atoms with E-state index < -0.39 is 0 Å². The monoisotopic (exact) mass is 250 g/mol. The number of halogens is 1. The van der Waals surface area contributed by atoms with Crippen molar-refractivity contribution >= 4 is 39.7 Å². The van der Waals surface area contributed by atoms with Crippen molar-refractivity contribution in [2.45, 2.75) is 0 Å². The van der Waals surface area contributed by atoms with E-state index in [1.54, 1.807) is 17.8 Å². The highest BCUT2D eigenvalue weighted by Gasteiger charge is 2.09. The highest BCUT2D eigenvalue weighted by atomic mass is 35.5. The summed E-state index contributed by atoms with van der Waals surface area (Å²) < 4.78 is 0. The van der Waals surface area contributed by atoms with Crippen molar-refractivity contribution in [2.75, 3.05) is 5.73 Å². The first-order valence-electron chi connectivity index (χ1n) is 4.57. The Morgan fingerprint density at radius 2 is 2.25 bits per heavy atom. The molecule has 0 amide bonds. The molecule has 3 aromatic rings. The highest BCUT2D eigenvalue weighted by Crippen LogP contribution is 2.28. The van der Waals surface area contributed by atoms with E-state index in [4.69, 9.17) is 17.3 Å². The van der Waals surface area contributed by atoms with Gasteiger partial charge in [0.15, 0.2) is 0 Å². The predicted octanol–water partition coefficient (Wildman–Crippen LogP) is 2.92. The van der Waals surface area contributed by atoms with E-state index in [9.17, 15) is 0 Å². The standard InChI is InChI=1S/C10H7ClN4S/c11-5-1-6(12)9-7(2-5)14-10(15-9)8-3-13-4-16-8/h1-4H,12H2,(H,14,15). The fourth-order valence-electron chi connectivity index (χ4n) is 1.56. The topological polar surface area (TPSA) is 67.6 Å². The van der Waals surface area contributed by atoms with Gasteiger partial charge in [-0.25, -0.2) is 4.98 Å². The molecule has 0 spiro atoms. The number of benzene rings is 1. The molecule has 16 heavy (non-hydrogen) atoms. The zero-order chi connectivity index (χ0) is 11.1. The van der Waals surface area contributed by atoms with Crippen molar-refractivity contribution in [1.29, 1.82) is 0 Å². The number of H-pyrrole nitrogens is 1. The van der Waals surface area contributed by atoms with E-state index in [1.807, 2.05) is 6.07 Å². The Balaban J connectivity index is 2.27. The first-order chi connectivity index (χ1) is 7.74. The van der Waals surface area contributed by atoms with Crippen LogP contribution in [0.5, 0.6) is 0 Å². The van der Waals surface area contributed by atoms with Gasteiger partial charge in [-0.05, 0) is 12.1 Å². The van der Waals surface area contributed by atoms with Crippen molar-refractivity contribution < 1.29 is 0 Å². The summed E-state index contributed by atoms with van der Waals surface area (Å²) in [6.07, 6.45) is 1.76. The molecule has 0 saturated heterocycles. The maximum atomic E-state index is 5.92. The van der Waals surface area contributed by atoms with Gasteiger partial charge in [0.1, 0.15) is 11.3 Å². The first kappa shape index (κ1) is 9.62. The molecule has 2 heterocycles. The molecule has 4 nitrogen and oxygen atoms in total. The fraction of sp³-hybridized carbons (Fsp3) is 0. The first-order valence-corrected chi connectivity index (χ1v) is 5.83. The number of hydrogen-bond donors (Lipinski definition) is 2. The summed E-state index contributed by atoms with van der Waals surface area (Å²) in [5, 5.41) is 0.601. The number of rotatable bonds is 1. The lowest BCUT2D eigenvalue weighted by atomic mass is 10.3. The third-order valence-corrected chi connectivity index (χ3v) is 3.24. The molecule has 0 atom stereocenters. The Morgan fingerprint density at radius 1 is 1.38 bits per heavy atom. The number of thiazole rings is 1. The second kappa shape index (κ2) is 3.47. The summed E-state index contributed by atoms with van der Waals surface area (Å²) in [5.74, 6) is 0.770. The lowest BCUT2D eigenvalue weighted by molar-refractivity contribution is 1.34. The third kappa shape index (κ3) is 1.45. The Hall–Kier alpha value is -1.59. The molecule has 2 aromatic heterocycles. The number of nitrogens with two attached hydrogens (primary N) is 1. The van der Waals surface area contributed by atoms with Crippen LogP contribution in [0, 0.1) is 0 Å². The molecule has 0 aliphatic rings. The molecule has 0 radical (unpaired) electrons. The number of fused-ring (bicyclic) bond motifs is 1. The van der Waals surface area contributed by atoms with E-state index >= 15 is 0 Å². The molecule has 0 saturated carbocycles. The van der Waals surface area contributed by atoms with Crippen molar-refractivity contribution in [1.82, 2.24) is 15.0 Å². The van der Waals surface area contributed by atoms with Gasteiger partial charge in [-0.15, -0.1) is 11.3 Å². The van der Waals surface area contributed by atoms with E-state index in [2.05, 4.69) is 15.0 Å². The van der Waals surface area contributed by atoms with Gasteiger partial charge in [0.2, 0.25) is 0 Å². The number of hydrogen-bond acceptors (Lipinski definition) is 4. The highest BCUT2D eigenvalue weighted by molar-refractivity contribution is 7.13. The maximum Gasteiger partial charge on any atom is 0.150 e. The largest absolute Gasteiger partial charge is 0.397 e. The van der Waals surface area contributed by atoms with Gasteiger partial charge >= 0.3 is 0 Å². The number of nitrogens with zero attached hydrogens (tertiary/aromatic N) is 2. The molecule has 3 N–H and O–H groups in total. The lowest BCUT2D eigenvalue weighted by Crippen LogP contribution is -1.86. The minimum atomic E-state index is 0.578. The molecule has 0 aliphatic heterocycles. The van der Waals surface area contributed by atoms with Crippen LogP contribution in [0.1, 0.15) is 0 Å². The van der Waals surface area contributed by atoms with E-state index in [0.717, 1.165) is 21.7 Å². The Morgan fingerprint density at radius 3 is 3.00 bits per heavy atom. The van der Waals surface area contributed by atoms with Crippen LogP contribution in [0.2, 0.25) is 5.02 Å². The van der Waals surface area contributed by atoms with Crippen molar-refractivity contribution in [2.24, 2.45) is 0 Å². The fourth-order valence-corrected chi connectivity index (χ4v) is 2.35. The van der Waals surface area contributed by atoms with Gasteiger partial charge < -0.3 is 10.7 Å². The van der Waals surface area contributed by atoms with E-state index in [1.165, 1.54) is 11.3 Å². The molecule has 0 bridgehead atoms.